The van der Waals surface area contributed by atoms with Gasteiger partial charge in [-0.25, -0.2) is 0 Å². The molecule has 0 aliphatic heterocycles. The quantitative estimate of drug-likeness (QED) is 0.891. The van der Waals surface area contributed by atoms with Gasteiger partial charge in [-0.3, -0.25) is 0 Å². The molecule has 3 nitrogen and oxygen atoms in total. The Kier molecular flexibility index (Phi) is 4.17. The van der Waals surface area contributed by atoms with Crippen molar-refractivity contribution in [2.24, 2.45) is 0 Å². The Labute approximate surface area is 115 Å². The van der Waals surface area contributed by atoms with Crippen molar-refractivity contribution in [3.63, 3.8) is 0 Å². The second-order valence-electron chi connectivity index (χ2n) is 3.99. The van der Waals surface area contributed by atoms with Gasteiger partial charge in [-0.2, -0.15) is 0 Å². The summed E-state index contributed by atoms with van der Waals surface area (Å²) in [5.41, 5.74) is 1.61. The lowest BCUT2D eigenvalue weighted by Gasteiger charge is -2.13. The lowest BCUT2D eigenvalue weighted by atomic mass is 10.2. The van der Waals surface area contributed by atoms with Crippen LogP contribution in [0.15, 0.2) is 34.9 Å². The van der Waals surface area contributed by atoms with Crippen molar-refractivity contribution in [2.75, 3.05) is 11.9 Å². The maximum absolute atomic E-state index is 9.85. The third-order valence-corrected chi connectivity index (χ3v) is 3.33. The fourth-order valence-corrected chi connectivity index (χ4v) is 2.02. The number of halogens is 2. The van der Waals surface area contributed by atoms with Crippen LogP contribution >= 0.6 is 23.2 Å². The first-order valence-electron chi connectivity index (χ1n) is 5.49. The van der Waals surface area contributed by atoms with Crippen LogP contribution in [0.2, 0.25) is 10.0 Å². The average Bonchev–Trinajstić information content (AvgIpc) is 2.85. The molecule has 0 radical (unpaired) electrons. The van der Waals surface area contributed by atoms with Crippen LogP contribution in [0.3, 0.4) is 0 Å². The van der Waals surface area contributed by atoms with E-state index in [9.17, 15) is 5.11 Å². The van der Waals surface area contributed by atoms with Crippen LogP contribution in [-0.2, 0) is 0 Å². The van der Waals surface area contributed by atoms with Gasteiger partial charge in [-0.15, -0.1) is 0 Å². The highest BCUT2D eigenvalue weighted by Crippen LogP contribution is 2.29. The van der Waals surface area contributed by atoms with Crippen molar-refractivity contribution in [3.8, 4) is 0 Å². The van der Waals surface area contributed by atoms with Gasteiger partial charge in [0.25, 0.3) is 0 Å². The first-order valence-corrected chi connectivity index (χ1v) is 6.24. The van der Waals surface area contributed by atoms with Crippen molar-refractivity contribution in [1.29, 1.82) is 0 Å². The van der Waals surface area contributed by atoms with E-state index in [1.165, 1.54) is 6.26 Å². The van der Waals surface area contributed by atoms with E-state index < -0.39 is 6.10 Å². The molecule has 0 aliphatic rings. The number of aliphatic hydroxyl groups excluding tert-OH is 1. The summed E-state index contributed by atoms with van der Waals surface area (Å²) in [5.74, 6) is 0.511. The molecule has 0 aliphatic carbocycles. The minimum absolute atomic E-state index is 0.298. The van der Waals surface area contributed by atoms with Crippen molar-refractivity contribution in [2.45, 2.75) is 13.0 Å². The Hall–Kier alpha value is -1.16. The molecular weight excluding hydrogens is 273 g/mol. The summed E-state index contributed by atoms with van der Waals surface area (Å²) in [5, 5.41) is 14.1. The first-order chi connectivity index (χ1) is 8.58. The van der Waals surface area contributed by atoms with Crippen molar-refractivity contribution >= 4 is 28.9 Å². The first kappa shape index (κ1) is 13.3. The fraction of sp³-hybridized carbons (Fsp3) is 0.231. The van der Waals surface area contributed by atoms with E-state index in [4.69, 9.17) is 27.6 Å². The molecule has 0 amide bonds. The third-order valence-electron chi connectivity index (χ3n) is 2.61. The van der Waals surface area contributed by atoms with Crippen molar-refractivity contribution in [1.82, 2.24) is 0 Å². The molecule has 2 aromatic rings. The molecule has 0 spiro atoms. The second-order valence-corrected chi connectivity index (χ2v) is 4.81. The topological polar surface area (TPSA) is 45.4 Å². The van der Waals surface area contributed by atoms with Gasteiger partial charge >= 0.3 is 0 Å². The van der Waals surface area contributed by atoms with Gasteiger partial charge in [0.15, 0.2) is 0 Å². The third kappa shape index (κ3) is 2.99. The smallest absolute Gasteiger partial charge is 0.134 e. The molecular formula is C13H13Cl2NO2. The van der Waals surface area contributed by atoms with Gasteiger partial charge in [0, 0.05) is 11.6 Å². The molecule has 0 saturated carbocycles. The van der Waals surface area contributed by atoms with Crippen LogP contribution < -0.4 is 5.32 Å². The van der Waals surface area contributed by atoms with Crippen LogP contribution in [0.5, 0.6) is 0 Å². The Morgan fingerprint density at radius 1 is 1.33 bits per heavy atom. The monoisotopic (exact) mass is 285 g/mol. The second kappa shape index (κ2) is 5.65. The lowest BCUT2D eigenvalue weighted by Crippen LogP contribution is -2.11. The number of furan rings is 1. The van der Waals surface area contributed by atoms with Gasteiger partial charge in [0.2, 0.25) is 0 Å². The number of aliphatic hydroxyl groups is 1. The SMILES string of the molecule is Cc1cc(Cl)c(NCC(O)c2ccco2)cc1Cl. The maximum Gasteiger partial charge on any atom is 0.134 e. The molecule has 1 aromatic heterocycles. The van der Waals surface area contributed by atoms with Gasteiger partial charge in [-0.1, -0.05) is 23.2 Å². The highest BCUT2D eigenvalue weighted by atomic mass is 35.5. The summed E-state index contributed by atoms with van der Waals surface area (Å²) >= 11 is 12.1. The van der Waals surface area contributed by atoms with Crippen molar-refractivity contribution in [3.05, 3.63) is 51.9 Å². The summed E-state index contributed by atoms with van der Waals surface area (Å²) in [7, 11) is 0. The number of anilines is 1. The molecule has 1 heterocycles. The van der Waals surface area contributed by atoms with Crippen LogP contribution in [-0.4, -0.2) is 11.7 Å². The van der Waals surface area contributed by atoms with Crippen LogP contribution in [0.4, 0.5) is 5.69 Å². The molecule has 0 bridgehead atoms. The van der Waals surface area contributed by atoms with Crippen LogP contribution in [0.1, 0.15) is 17.4 Å². The molecule has 5 heteroatoms. The van der Waals surface area contributed by atoms with E-state index in [0.29, 0.717) is 28.0 Å². The summed E-state index contributed by atoms with van der Waals surface area (Å²) in [4.78, 5) is 0. The van der Waals surface area contributed by atoms with Crippen LogP contribution in [0.25, 0.3) is 0 Å². The lowest BCUT2D eigenvalue weighted by molar-refractivity contribution is 0.162. The van der Waals surface area contributed by atoms with E-state index >= 15 is 0 Å². The largest absolute Gasteiger partial charge is 0.467 e. The molecule has 1 aromatic carbocycles. The van der Waals surface area contributed by atoms with Crippen molar-refractivity contribution < 1.29 is 9.52 Å². The minimum Gasteiger partial charge on any atom is -0.467 e. The predicted molar refractivity (Wildman–Crippen MR) is 73.4 cm³/mol. The highest BCUT2D eigenvalue weighted by Gasteiger charge is 2.11. The number of hydrogen-bond acceptors (Lipinski definition) is 3. The summed E-state index contributed by atoms with van der Waals surface area (Å²) < 4.78 is 5.11. The minimum atomic E-state index is -0.726. The number of nitrogens with one attached hydrogen (secondary N) is 1. The van der Waals surface area contributed by atoms with E-state index in [2.05, 4.69) is 5.32 Å². The molecule has 0 saturated heterocycles. The Balaban J connectivity index is 2.04. The Morgan fingerprint density at radius 2 is 2.11 bits per heavy atom. The van der Waals surface area contributed by atoms with Gasteiger partial charge in [-0.05, 0) is 36.8 Å². The Bertz CT molecular complexity index is 526. The standard InChI is InChI=1S/C13H13Cl2NO2/c1-8-5-10(15)11(6-9(8)14)16-7-12(17)13-3-2-4-18-13/h2-6,12,16-17H,7H2,1H3. The highest BCUT2D eigenvalue weighted by molar-refractivity contribution is 6.35. The molecule has 2 rings (SSSR count). The number of benzene rings is 1. The van der Waals surface area contributed by atoms with E-state index in [1.54, 1.807) is 24.3 Å². The van der Waals surface area contributed by atoms with E-state index in [0.717, 1.165) is 5.56 Å². The number of aryl methyl sites for hydroxylation is 1. The zero-order valence-electron chi connectivity index (χ0n) is 9.78. The zero-order chi connectivity index (χ0) is 13.1. The van der Waals surface area contributed by atoms with Gasteiger partial charge < -0.3 is 14.8 Å². The van der Waals surface area contributed by atoms with Crippen LogP contribution in [0, 0.1) is 6.92 Å². The van der Waals surface area contributed by atoms with Gasteiger partial charge in [0.05, 0.1) is 17.0 Å². The average molecular weight is 286 g/mol. The molecule has 1 atom stereocenters. The van der Waals surface area contributed by atoms with Gasteiger partial charge in [0.1, 0.15) is 11.9 Å². The number of rotatable bonds is 4. The predicted octanol–water partition coefficient (Wildman–Crippen LogP) is 4.04. The van der Waals surface area contributed by atoms with E-state index in [1.807, 2.05) is 6.92 Å². The summed E-state index contributed by atoms with van der Waals surface area (Å²) in [6.45, 7) is 2.18. The Morgan fingerprint density at radius 3 is 2.78 bits per heavy atom. The maximum atomic E-state index is 9.85. The normalized spacial score (nSPS) is 12.4. The number of hydrogen-bond donors (Lipinski definition) is 2. The molecule has 2 N–H and O–H groups in total. The molecule has 96 valence electrons. The molecule has 1 unspecified atom stereocenters. The molecule has 0 fully saturated rings. The fourth-order valence-electron chi connectivity index (χ4n) is 1.57. The zero-order valence-corrected chi connectivity index (χ0v) is 11.3. The molecule has 18 heavy (non-hydrogen) atoms. The van der Waals surface area contributed by atoms with E-state index in [-0.39, 0.29) is 0 Å². The summed E-state index contributed by atoms with van der Waals surface area (Å²) in [6.07, 6.45) is 0.796. The summed E-state index contributed by atoms with van der Waals surface area (Å²) in [6, 6.07) is 6.98.